The minimum absolute atomic E-state index is 0.185. The molecule has 0 aliphatic rings. The standard InChI is InChI=1S/C12H21N3O/c1-8-10(13-7-14-11(8)16-6)15-9(2)12(3,4)5/h7,9H,1-6H3,(H,13,14,15). The summed E-state index contributed by atoms with van der Waals surface area (Å²) in [6.07, 6.45) is 1.52. The van der Waals surface area contributed by atoms with Gasteiger partial charge in [0.05, 0.1) is 12.7 Å². The highest BCUT2D eigenvalue weighted by atomic mass is 16.5. The average molecular weight is 223 g/mol. The van der Waals surface area contributed by atoms with Crippen molar-refractivity contribution in [3.63, 3.8) is 0 Å². The molecule has 0 saturated carbocycles. The zero-order chi connectivity index (χ0) is 12.3. The molecule has 0 aliphatic heterocycles. The molecule has 0 bridgehead atoms. The molecule has 0 aliphatic carbocycles. The number of nitrogens with one attached hydrogen (secondary N) is 1. The summed E-state index contributed by atoms with van der Waals surface area (Å²) in [7, 11) is 1.62. The van der Waals surface area contributed by atoms with Crippen molar-refractivity contribution < 1.29 is 4.74 Å². The smallest absolute Gasteiger partial charge is 0.221 e. The zero-order valence-electron chi connectivity index (χ0n) is 11.0. The Bertz CT molecular complexity index is 358. The third kappa shape index (κ3) is 2.84. The van der Waals surface area contributed by atoms with Gasteiger partial charge in [0, 0.05) is 6.04 Å². The first kappa shape index (κ1) is 12.7. The normalized spacial score (nSPS) is 13.4. The lowest BCUT2D eigenvalue weighted by atomic mass is 9.88. The van der Waals surface area contributed by atoms with Gasteiger partial charge in [0.15, 0.2) is 0 Å². The lowest BCUT2D eigenvalue weighted by molar-refractivity contribution is 0.357. The Balaban J connectivity index is 2.90. The monoisotopic (exact) mass is 223 g/mol. The number of nitrogens with zero attached hydrogens (tertiary/aromatic N) is 2. The average Bonchev–Trinajstić information content (AvgIpc) is 2.19. The molecule has 1 unspecified atom stereocenters. The van der Waals surface area contributed by atoms with Crippen LogP contribution in [0, 0.1) is 12.3 Å². The van der Waals surface area contributed by atoms with Crippen molar-refractivity contribution >= 4 is 5.82 Å². The van der Waals surface area contributed by atoms with E-state index in [2.05, 4.69) is 43.0 Å². The van der Waals surface area contributed by atoms with Crippen molar-refractivity contribution in [1.29, 1.82) is 0 Å². The second-order valence-electron chi connectivity index (χ2n) is 5.09. The summed E-state index contributed by atoms with van der Waals surface area (Å²) < 4.78 is 5.16. The van der Waals surface area contributed by atoms with Crippen LogP contribution in [0.15, 0.2) is 6.33 Å². The van der Waals surface area contributed by atoms with E-state index in [1.807, 2.05) is 6.92 Å². The van der Waals surface area contributed by atoms with Gasteiger partial charge in [-0.15, -0.1) is 0 Å². The second-order valence-corrected chi connectivity index (χ2v) is 5.09. The summed E-state index contributed by atoms with van der Waals surface area (Å²) in [5.41, 5.74) is 1.13. The highest BCUT2D eigenvalue weighted by Crippen LogP contribution is 2.25. The number of methoxy groups -OCH3 is 1. The van der Waals surface area contributed by atoms with Crippen molar-refractivity contribution in [3.05, 3.63) is 11.9 Å². The molecule has 4 nitrogen and oxygen atoms in total. The van der Waals surface area contributed by atoms with Crippen LogP contribution in [0.1, 0.15) is 33.3 Å². The quantitative estimate of drug-likeness (QED) is 0.855. The van der Waals surface area contributed by atoms with Crippen LogP contribution < -0.4 is 10.1 Å². The van der Waals surface area contributed by atoms with Gasteiger partial charge in [-0.25, -0.2) is 9.97 Å². The molecule has 1 aromatic heterocycles. The zero-order valence-corrected chi connectivity index (χ0v) is 11.0. The van der Waals surface area contributed by atoms with Crippen LogP contribution >= 0.6 is 0 Å². The number of hydrogen-bond acceptors (Lipinski definition) is 4. The Kier molecular flexibility index (Phi) is 3.73. The summed E-state index contributed by atoms with van der Waals surface area (Å²) in [5, 5.41) is 3.39. The van der Waals surface area contributed by atoms with E-state index in [4.69, 9.17) is 4.74 Å². The number of hydrogen-bond donors (Lipinski definition) is 1. The van der Waals surface area contributed by atoms with E-state index in [1.165, 1.54) is 6.33 Å². The van der Waals surface area contributed by atoms with E-state index in [9.17, 15) is 0 Å². The molecule has 1 atom stereocenters. The van der Waals surface area contributed by atoms with Gasteiger partial charge in [-0.3, -0.25) is 0 Å². The van der Waals surface area contributed by atoms with Crippen LogP contribution in [-0.2, 0) is 0 Å². The van der Waals surface area contributed by atoms with Gasteiger partial charge in [0.2, 0.25) is 5.88 Å². The molecule has 1 heterocycles. The van der Waals surface area contributed by atoms with Crippen LogP contribution in [0.25, 0.3) is 0 Å². The lowest BCUT2D eigenvalue weighted by Crippen LogP contribution is -2.31. The Labute approximate surface area is 97.5 Å². The number of ether oxygens (including phenoxy) is 1. The largest absolute Gasteiger partial charge is 0.481 e. The minimum Gasteiger partial charge on any atom is -0.481 e. The Morgan fingerprint density at radius 3 is 2.44 bits per heavy atom. The van der Waals surface area contributed by atoms with Crippen molar-refractivity contribution in [3.8, 4) is 5.88 Å². The van der Waals surface area contributed by atoms with Gasteiger partial charge in [0.1, 0.15) is 12.1 Å². The predicted octanol–water partition coefficient (Wildman–Crippen LogP) is 2.64. The molecule has 0 saturated heterocycles. The maximum Gasteiger partial charge on any atom is 0.221 e. The fourth-order valence-corrected chi connectivity index (χ4v) is 1.21. The number of aromatic nitrogens is 2. The number of anilines is 1. The summed E-state index contributed by atoms with van der Waals surface area (Å²) >= 11 is 0. The SMILES string of the molecule is COc1ncnc(NC(C)C(C)(C)C)c1C. The van der Waals surface area contributed by atoms with E-state index < -0.39 is 0 Å². The minimum atomic E-state index is 0.185. The van der Waals surface area contributed by atoms with E-state index in [-0.39, 0.29) is 5.41 Å². The summed E-state index contributed by atoms with van der Waals surface area (Å²) in [6.45, 7) is 10.7. The van der Waals surface area contributed by atoms with E-state index in [0.29, 0.717) is 11.9 Å². The third-order valence-corrected chi connectivity index (χ3v) is 2.88. The molecule has 1 aromatic rings. The first-order chi connectivity index (χ1) is 7.36. The van der Waals surface area contributed by atoms with Crippen molar-refractivity contribution in [2.75, 3.05) is 12.4 Å². The van der Waals surface area contributed by atoms with Crippen molar-refractivity contribution in [2.45, 2.75) is 40.7 Å². The van der Waals surface area contributed by atoms with E-state index in [0.717, 1.165) is 11.4 Å². The molecular weight excluding hydrogens is 202 g/mol. The summed E-state index contributed by atoms with van der Waals surface area (Å²) in [5.74, 6) is 1.47. The van der Waals surface area contributed by atoms with Crippen LogP contribution in [0.2, 0.25) is 0 Å². The molecule has 1 rings (SSSR count). The van der Waals surface area contributed by atoms with Crippen LogP contribution in [0.3, 0.4) is 0 Å². The van der Waals surface area contributed by atoms with Gasteiger partial charge in [-0.05, 0) is 19.3 Å². The van der Waals surface area contributed by atoms with Crippen molar-refractivity contribution in [2.24, 2.45) is 5.41 Å². The highest BCUT2D eigenvalue weighted by molar-refractivity contribution is 5.48. The number of rotatable bonds is 3. The fourth-order valence-electron chi connectivity index (χ4n) is 1.21. The van der Waals surface area contributed by atoms with Gasteiger partial charge in [0.25, 0.3) is 0 Å². The lowest BCUT2D eigenvalue weighted by Gasteiger charge is -2.29. The molecule has 4 heteroatoms. The first-order valence-corrected chi connectivity index (χ1v) is 5.48. The summed E-state index contributed by atoms with van der Waals surface area (Å²) in [4.78, 5) is 8.29. The Morgan fingerprint density at radius 1 is 1.31 bits per heavy atom. The predicted molar refractivity (Wildman–Crippen MR) is 65.9 cm³/mol. The van der Waals surface area contributed by atoms with Gasteiger partial charge in [-0.2, -0.15) is 0 Å². The third-order valence-electron chi connectivity index (χ3n) is 2.88. The summed E-state index contributed by atoms with van der Waals surface area (Å²) in [6, 6.07) is 0.325. The molecule has 90 valence electrons. The maximum absolute atomic E-state index is 5.16. The van der Waals surface area contributed by atoms with Gasteiger partial charge >= 0.3 is 0 Å². The molecule has 1 N–H and O–H groups in total. The maximum atomic E-state index is 5.16. The molecular formula is C12H21N3O. The van der Waals surface area contributed by atoms with Crippen LogP contribution in [0.4, 0.5) is 5.82 Å². The van der Waals surface area contributed by atoms with E-state index >= 15 is 0 Å². The second kappa shape index (κ2) is 4.68. The topological polar surface area (TPSA) is 47.0 Å². The Morgan fingerprint density at radius 2 is 1.94 bits per heavy atom. The van der Waals surface area contributed by atoms with Crippen molar-refractivity contribution in [1.82, 2.24) is 9.97 Å². The molecule has 0 spiro atoms. The van der Waals surface area contributed by atoms with Crippen LogP contribution in [0.5, 0.6) is 5.88 Å². The molecule has 0 amide bonds. The van der Waals surface area contributed by atoms with Crippen LogP contribution in [-0.4, -0.2) is 23.1 Å². The highest BCUT2D eigenvalue weighted by Gasteiger charge is 2.21. The first-order valence-electron chi connectivity index (χ1n) is 5.48. The molecule has 16 heavy (non-hydrogen) atoms. The molecule has 0 fully saturated rings. The molecule has 0 aromatic carbocycles. The van der Waals surface area contributed by atoms with Gasteiger partial charge in [-0.1, -0.05) is 20.8 Å². The molecule has 0 radical (unpaired) electrons. The fraction of sp³-hybridized carbons (Fsp3) is 0.667. The Hall–Kier alpha value is -1.32. The van der Waals surface area contributed by atoms with Gasteiger partial charge < -0.3 is 10.1 Å². The van der Waals surface area contributed by atoms with E-state index in [1.54, 1.807) is 7.11 Å².